The topological polar surface area (TPSA) is 74.7 Å². The van der Waals surface area contributed by atoms with E-state index < -0.39 is 22.5 Å². The van der Waals surface area contributed by atoms with Gasteiger partial charge in [0.05, 0.1) is 5.75 Å². The van der Waals surface area contributed by atoms with Crippen LogP contribution in [-0.4, -0.2) is 42.1 Å². The Morgan fingerprint density at radius 1 is 1.20 bits per heavy atom. The van der Waals surface area contributed by atoms with Crippen molar-refractivity contribution in [2.75, 3.05) is 12.3 Å². The number of carbonyl (C=O) groups is 1. The summed E-state index contributed by atoms with van der Waals surface area (Å²) < 4.78 is 25.7. The molecule has 0 aromatic heterocycles. The minimum Gasteiger partial charge on any atom is -0.480 e. The lowest BCUT2D eigenvalue weighted by Gasteiger charge is -2.25. The van der Waals surface area contributed by atoms with Gasteiger partial charge in [-0.3, -0.25) is 4.79 Å². The lowest BCUT2D eigenvalue weighted by molar-refractivity contribution is -0.137. The average molecular weight is 299 g/mol. The van der Waals surface area contributed by atoms with Crippen LogP contribution in [0.2, 0.25) is 0 Å². The van der Waals surface area contributed by atoms with E-state index in [0.29, 0.717) is 0 Å². The van der Waals surface area contributed by atoms with E-state index in [0.717, 1.165) is 9.87 Å². The molecule has 6 heteroatoms. The zero-order chi connectivity index (χ0) is 15.3. The second-order valence-corrected chi connectivity index (χ2v) is 7.09. The molecule has 0 aliphatic carbocycles. The molecule has 0 aliphatic heterocycles. The van der Waals surface area contributed by atoms with Gasteiger partial charge in [0, 0.05) is 6.04 Å². The molecule has 0 fully saturated rings. The van der Waals surface area contributed by atoms with Gasteiger partial charge in [-0.2, -0.15) is 4.31 Å². The van der Waals surface area contributed by atoms with E-state index in [1.807, 2.05) is 37.3 Å². The van der Waals surface area contributed by atoms with Crippen molar-refractivity contribution in [1.82, 2.24) is 4.31 Å². The van der Waals surface area contributed by atoms with Gasteiger partial charge in [-0.15, -0.1) is 0 Å². The van der Waals surface area contributed by atoms with Crippen LogP contribution >= 0.6 is 0 Å². The molecule has 0 heterocycles. The van der Waals surface area contributed by atoms with Crippen LogP contribution < -0.4 is 0 Å². The zero-order valence-corrected chi connectivity index (χ0v) is 12.8. The van der Waals surface area contributed by atoms with E-state index in [1.165, 1.54) is 0 Å². The van der Waals surface area contributed by atoms with E-state index in [4.69, 9.17) is 5.11 Å². The SMILES string of the molecule is CC(CS(=O)(=O)N(CC(=O)O)C(C)C)c1ccccc1. The second-order valence-electron chi connectivity index (χ2n) is 5.12. The van der Waals surface area contributed by atoms with Gasteiger partial charge in [0.15, 0.2) is 0 Å². The highest BCUT2D eigenvalue weighted by Gasteiger charge is 2.29. The van der Waals surface area contributed by atoms with Crippen molar-refractivity contribution in [3.63, 3.8) is 0 Å². The fraction of sp³-hybridized carbons (Fsp3) is 0.500. The van der Waals surface area contributed by atoms with Gasteiger partial charge in [-0.1, -0.05) is 37.3 Å². The van der Waals surface area contributed by atoms with E-state index in [-0.39, 0.29) is 17.7 Å². The number of rotatable bonds is 7. The van der Waals surface area contributed by atoms with E-state index >= 15 is 0 Å². The number of benzene rings is 1. The fourth-order valence-electron chi connectivity index (χ4n) is 2.02. The number of hydrogen-bond donors (Lipinski definition) is 1. The van der Waals surface area contributed by atoms with Gasteiger partial charge < -0.3 is 5.11 Å². The monoisotopic (exact) mass is 299 g/mol. The molecule has 0 saturated heterocycles. The maximum Gasteiger partial charge on any atom is 0.318 e. The zero-order valence-electron chi connectivity index (χ0n) is 12.0. The summed E-state index contributed by atoms with van der Waals surface area (Å²) in [7, 11) is -3.61. The molecule has 1 aromatic rings. The number of sulfonamides is 1. The second kappa shape index (κ2) is 6.85. The first kappa shape index (κ1) is 16.7. The first-order valence-electron chi connectivity index (χ1n) is 6.50. The summed E-state index contributed by atoms with van der Waals surface area (Å²) in [6, 6.07) is 8.95. The van der Waals surface area contributed by atoms with Crippen LogP contribution in [0.1, 0.15) is 32.3 Å². The molecular formula is C14H21NO4S. The minimum absolute atomic E-state index is 0.0948. The maximum atomic E-state index is 12.4. The molecule has 1 aromatic carbocycles. The first-order chi connectivity index (χ1) is 9.24. The minimum atomic E-state index is -3.61. The third kappa shape index (κ3) is 4.61. The largest absolute Gasteiger partial charge is 0.480 e. The Balaban J connectivity index is 2.89. The highest BCUT2D eigenvalue weighted by molar-refractivity contribution is 7.89. The molecule has 0 aliphatic rings. The third-order valence-corrected chi connectivity index (χ3v) is 5.24. The summed E-state index contributed by atoms with van der Waals surface area (Å²) in [6.07, 6.45) is 0. The van der Waals surface area contributed by atoms with Crippen molar-refractivity contribution in [2.24, 2.45) is 0 Å². The van der Waals surface area contributed by atoms with Crippen molar-refractivity contribution in [2.45, 2.75) is 32.7 Å². The molecule has 20 heavy (non-hydrogen) atoms. The smallest absolute Gasteiger partial charge is 0.318 e. The first-order valence-corrected chi connectivity index (χ1v) is 8.11. The quantitative estimate of drug-likeness (QED) is 0.834. The Labute approximate surface area is 120 Å². The summed E-state index contributed by atoms with van der Waals surface area (Å²) in [5.41, 5.74) is 0.926. The Morgan fingerprint density at radius 2 is 1.75 bits per heavy atom. The molecule has 1 unspecified atom stereocenters. The number of carboxylic acids is 1. The van der Waals surface area contributed by atoms with Crippen LogP contribution in [0.15, 0.2) is 30.3 Å². The van der Waals surface area contributed by atoms with E-state index in [2.05, 4.69) is 0 Å². The predicted octanol–water partition coefficient (Wildman–Crippen LogP) is 1.91. The van der Waals surface area contributed by atoms with Crippen LogP contribution in [0, 0.1) is 0 Å². The molecular weight excluding hydrogens is 278 g/mol. The van der Waals surface area contributed by atoms with Gasteiger partial charge in [0.25, 0.3) is 0 Å². The summed E-state index contributed by atoms with van der Waals surface area (Å²) in [5, 5.41) is 8.84. The van der Waals surface area contributed by atoms with Crippen LogP contribution in [0.3, 0.4) is 0 Å². The number of nitrogens with zero attached hydrogens (tertiary/aromatic N) is 1. The summed E-state index contributed by atoms with van der Waals surface area (Å²) >= 11 is 0. The van der Waals surface area contributed by atoms with E-state index in [1.54, 1.807) is 13.8 Å². The highest BCUT2D eigenvalue weighted by Crippen LogP contribution is 2.19. The maximum absolute atomic E-state index is 12.4. The van der Waals surface area contributed by atoms with Gasteiger partial charge in [-0.25, -0.2) is 8.42 Å². The highest BCUT2D eigenvalue weighted by atomic mass is 32.2. The van der Waals surface area contributed by atoms with Crippen molar-refractivity contribution < 1.29 is 18.3 Å². The molecule has 0 bridgehead atoms. The molecule has 5 nitrogen and oxygen atoms in total. The Hall–Kier alpha value is -1.40. The van der Waals surface area contributed by atoms with Gasteiger partial charge in [0.1, 0.15) is 6.54 Å². The van der Waals surface area contributed by atoms with Crippen LogP contribution in [0.4, 0.5) is 0 Å². The molecule has 0 radical (unpaired) electrons. The fourth-order valence-corrected chi connectivity index (χ4v) is 3.99. The lowest BCUT2D eigenvalue weighted by atomic mass is 10.0. The lowest BCUT2D eigenvalue weighted by Crippen LogP contribution is -2.42. The molecule has 1 atom stereocenters. The average Bonchev–Trinajstić information content (AvgIpc) is 2.35. The van der Waals surface area contributed by atoms with E-state index in [9.17, 15) is 13.2 Å². The van der Waals surface area contributed by atoms with Crippen LogP contribution in [-0.2, 0) is 14.8 Å². The Morgan fingerprint density at radius 3 is 2.20 bits per heavy atom. The Bertz CT molecular complexity index is 540. The molecule has 1 N–H and O–H groups in total. The third-order valence-electron chi connectivity index (χ3n) is 3.05. The van der Waals surface area contributed by atoms with Crippen molar-refractivity contribution >= 4 is 16.0 Å². The number of carboxylic acid groups (broad SMARTS) is 1. The molecule has 1 rings (SSSR count). The van der Waals surface area contributed by atoms with Crippen molar-refractivity contribution in [3.05, 3.63) is 35.9 Å². The number of aliphatic carboxylic acids is 1. The van der Waals surface area contributed by atoms with Crippen LogP contribution in [0.5, 0.6) is 0 Å². The van der Waals surface area contributed by atoms with Gasteiger partial charge in [-0.05, 0) is 25.3 Å². The van der Waals surface area contributed by atoms with Crippen LogP contribution in [0.25, 0.3) is 0 Å². The summed E-state index contributed by atoms with van der Waals surface area (Å²) in [6.45, 7) is 4.68. The van der Waals surface area contributed by atoms with Crippen molar-refractivity contribution in [1.29, 1.82) is 0 Å². The molecule has 0 amide bonds. The van der Waals surface area contributed by atoms with Gasteiger partial charge >= 0.3 is 5.97 Å². The standard InChI is InChI=1S/C14H21NO4S/c1-11(2)15(9-14(16)17)20(18,19)10-12(3)13-7-5-4-6-8-13/h4-8,11-12H,9-10H2,1-3H3,(H,16,17). The number of hydrogen-bond acceptors (Lipinski definition) is 3. The van der Waals surface area contributed by atoms with Crippen molar-refractivity contribution in [3.8, 4) is 0 Å². The predicted molar refractivity (Wildman–Crippen MR) is 78.1 cm³/mol. The summed E-state index contributed by atoms with van der Waals surface area (Å²) in [4.78, 5) is 10.8. The summed E-state index contributed by atoms with van der Waals surface area (Å²) in [5.74, 6) is -1.42. The Kier molecular flexibility index (Phi) is 5.71. The molecule has 0 saturated carbocycles. The molecule has 0 spiro atoms. The van der Waals surface area contributed by atoms with Gasteiger partial charge in [0.2, 0.25) is 10.0 Å². The molecule has 112 valence electrons. The normalized spacial score (nSPS) is 13.7.